The molecule has 0 heterocycles. The quantitative estimate of drug-likeness (QED) is 0.381. The summed E-state index contributed by atoms with van der Waals surface area (Å²) < 4.78 is 0. The highest BCUT2D eigenvalue weighted by atomic mass is 35.5. The van der Waals surface area contributed by atoms with Gasteiger partial charge in [-0.15, -0.1) is 0 Å². The van der Waals surface area contributed by atoms with Gasteiger partial charge in [0.05, 0.1) is 4.92 Å². The molecule has 2 aromatic rings. The van der Waals surface area contributed by atoms with Crippen molar-refractivity contribution in [3.05, 3.63) is 68.7 Å². The molecular weight excluding hydrogens is 334 g/mol. The van der Waals surface area contributed by atoms with Gasteiger partial charge in [-0.3, -0.25) is 14.9 Å². The van der Waals surface area contributed by atoms with Crippen LogP contribution in [-0.4, -0.2) is 15.9 Å². The van der Waals surface area contributed by atoms with Gasteiger partial charge < -0.3 is 10.4 Å². The van der Waals surface area contributed by atoms with Crippen molar-refractivity contribution in [1.82, 2.24) is 0 Å². The van der Waals surface area contributed by atoms with Crippen molar-refractivity contribution in [1.29, 1.82) is 5.26 Å². The van der Waals surface area contributed by atoms with Gasteiger partial charge in [-0.1, -0.05) is 17.7 Å². The average molecular weight is 344 g/mol. The molecule has 8 heteroatoms. The lowest BCUT2D eigenvalue weighted by atomic mass is 10.1. The van der Waals surface area contributed by atoms with Crippen LogP contribution in [0.2, 0.25) is 5.02 Å². The Kier molecular flexibility index (Phi) is 5.14. The van der Waals surface area contributed by atoms with E-state index in [-0.39, 0.29) is 11.1 Å². The highest BCUT2D eigenvalue weighted by Gasteiger charge is 2.15. The number of carbonyl (C=O) groups excluding carboxylic acids is 1. The average Bonchev–Trinajstić information content (AvgIpc) is 2.55. The van der Waals surface area contributed by atoms with Gasteiger partial charge >= 0.3 is 5.69 Å². The molecule has 0 atom stereocenters. The number of nitrogens with zero attached hydrogens (tertiary/aromatic N) is 2. The predicted molar refractivity (Wildman–Crippen MR) is 88.4 cm³/mol. The molecule has 0 aliphatic heterocycles. The number of carbonyl (C=O) groups is 1. The van der Waals surface area contributed by atoms with E-state index in [4.69, 9.17) is 16.9 Å². The number of nitrogens with one attached hydrogen (secondary N) is 1. The number of aromatic hydroxyl groups is 1. The van der Waals surface area contributed by atoms with Crippen molar-refractivity contribution in [3.8, 4) is 11.8 Å². The maximum absolute atomic E-state index is 12.1. The van der Waals surface area contributed by atoms with Crippen LogP contribution in [0.25, 0.3) is 6.08 Å². The molecule has 7 nitrogen and oxygen atoms in total. The summed E-state index contributed by atoms with van der Waals surface area (Å²) in [6, 6.07) is 11.6. The first-order valence-electron chi connectivity index (χ1n) is 6.57. The Bertz CT molecular complexity index is 870. The maximum atomic E-state index is 12.1. The minimum atomic E-state index is -0.757. The van der Waals surface area contributed by atoms with Crippen LogP contribution < -0.4 is 5.32 Å². The first-order valence-corrected chi connectivity index (χ1v) is 6.94. The van der Waals surface area contributed by atoms with E-state index < -0.39 is 22.3 Å². The smallest absolute Gasteiger partial charge is 0.311 e. The Morgan fingerprint density at radius 1 is 1.29 bits per heavy atom. The molecule has 0 spiro atoms. The molecule has 2 N–H and O–H groups in total. The second kappa shape index (κ2) is 7.26. The minimum absolute atomic E-state index is 0.238. The van der Waals surface area contributed by atoms with Crippen molar-refractivity contribution in [2.45, 2.75) is 0 Å². The summed E-state index contributed by atoms with van der Waals surface area (Å²) in [5.41, 5.74) is -0.0753. The normalized spacial score (nSPS) is 10.8. The number of anilines is 1. The van der Waals surface area contributed by atoms with Crippen LogP contribution >= 0.6 is 11.6 Å². The van der Waals surface area contributed by atoms with Crippen LogP contribution in [0.15, 0.2) is 48.0 Å². The third-order valence-electron chi connectivity index (χ3n) is 2.97. The topological polar surface area (TPSA) is 116 Å². The van der Waals surface area contributed by atoms with Crippen molar-refractivity contribution in [3.63, 3.8) is 0 Å². The number of nitro benzene ring substituents is 1. The largest absolute Gasteiger partial charge is 0.502 e. The molecule has 0 bridgehead atoms. The number of halogens is 1. The molecule has 0 saturated carbocycles. The molecule has 2 aromatic carbocycles. The molecule has 0 unspecified atom stereocenters. The summed E-state index contributed by atoms with van der Waals surface area (Å²) in [6.45, 7) is 0. The molecule has 1 amide bonds. The van der Waals surface area contributed by atoms with E-state index in [2.05, 4.69) is 5.32 Å². The second-order valence-corrected chi connectivity index (χ2v) is 5.07. The van der Waals surface area contributed by atoms with Crippen LogP contribution in [0, 0.1) is 21.4 Å². The highest BCUT2D eigenvalue weighted by molar-refractivity contribution is 6.30. The molecule has 0 radical (unpaired) electrons. The van der Waals surface area contributed by atoms with E-state index in [1.165, 1.54) is 12.1 Å². The highest BCUT2D eigenvalue weighted by Crippen LogP contribution is 2.27. The Balaban J connectivity index is 2.27. The first kappa shape index (κ1) is 17.0. The van der Waals surface area contributed by atoms with Gasteiger partial charge in [0.15, 0.2) is 5.75 Å². The van der Waals surface area contributed by atoms with Gasteiger partial charge in [-0.25, -0.2) is 0 Å². The number of hydrogen-bond acceptors (Lipinski definition) is 5. The summed E-state index contributed by atoms with van der Waals surface area (Å²) in [6.07, 6.45) is 1.19. The fourth-order valence-electron chi connectivity index (χ4n) is 1.82. The third kappa shape index (κ3) is 4.09. The Morgan fingerprint density at radius 2 is 1.96 bits per heavy atom. The molecule has 0 saturated heterocycles. The molecule has 24 heavy (non-hydrogen) atoms. The molecule has 0 aliphatic carbocycles. The Hall–Kier alpha value is -3.37. The van der Waals surface area contributed by atoms with E-state index in [0.717, 1.165) is 12.1 Å². The minimum Gasteiger partial charge on any atom is -0.502 e. The van der Waals surface area contributed by atoms with Gasteiger partial charge in [0.2, 0.25) is 0 Å². The standard InChI is InChI=1S/C16H10ClN3O4/c17-12-2-4-13(5-3-12)19-16(22)11(9-18)7-10-1-6-15(21)14(8-10)20(23)24/h1-8,21H,(H,19,22)/b11-7+. The zero-order valence-electron chi connectivity index (χ0n) is 12.1. The lowest BCUT2D eigenvalue weighted by Gasteiger charge is -2.04. The number of phenolic OH excluding ortho intramolecular Hbond substituents is 1. The monoisotopic (exact) mass is 343 g/mol. The SMILES string of the molecule is N#C/C(=C\c1ccc(O)c([N+](=O)[O-])c1)C(=O)Nc1ccc(Cl)cc1. The lowest BCUT2D eigenvalue weighted by Crippen LogP contribution is -2.13. The van der Waals surface area contributed by atoms with Gasteiger partial charge in [0, 0.05) is 16.8 Å². The van der Waals surface area contributed by atoms with Crippen LogP contribution in [0.5, 0.6) is 5.75 Å². The molecule has 0 aromatic heterocycles. The molecule has 0 aliphatic rings. The Morgan fingerprint density at radius 3 is 2.54 bits per heavy atom. The van der Waals surface area contributed by atoms with Gasteiger partial charge in [-0.05, 0) is 42.0 Å². The van der Waals surface area contributed by atoms with Crippen molar-refractivity contribution < 1.29 is 14.8 Å². The van der Waals surface area contributed by atoms with E-state index in [9.17, 15) is 20.0 Å². The number of benzene rings is 2. The number of phenols is 1. The number of amides is 1. The number of rotatable bonds is 4. The zero-order valence-corrected chi connectivity index (χ0v) is 12.8. The number of nitriles is 1. The Labute approximate surface area is 141 Å². The molecule has 2 rings (SSSR count). The first-order chi connectivity index (χ1) is 11.4. The van der Waals surface area contributed by atoms with Crippen LogP contribution in [0.1, 0.15) is 5.56 Å². The van der Waals surface area contributed by atoms with Crippen LogP contribution in [0.3, 0.4) is 0 Å². The third-order valence-corrected chi connectivity index (χ3v) is 3.23. The summed E-state index contributed by atoms with van der Waals surface area (Å²) in [5.74, 6) is -1.17. The molecular formula is C16H10ClN3O4. The number of nitro groups is 1. The van der Waals surface area contributed by atoms with E-state index in [0.29, 0.717) is 10.7 Å². The fourth-order valence-corrected chi connectivity index (χ4v) is 1.95. The van der Waals surface area contributed by atoms with Crippen LogP contribution in [-0.2, 0) is 4.79 Å². The van der Waals surface area contributed by atoms with E-state index >= 15 is 0 Å². The maximum Gasteiger partial charge on any atom is 0.311 e. The lowest BCUT2D eigenvalue weighted by molar-refractivity contribution is -0.385. The fraction of sp³-hybridized carbons (Fsp3) is 0. The van der Waals surface area contributed by atoms with Crippen molar-refractivity contribution in [2.75, 3.05) is 5.32 Å². The zero-order chi connectivity index (χ0) is 17.7. The van der Waals surface area contributed by atoms with Crippen molar-refractivity contribution >= 4 is 35.0 Å². The molecule has 120 valence electrons. The summed E-state index contributed by atoms with van der Waals surface area (Å²) in [4.78, 5) is 22.1. The van der Waals surface area contributed by atoms with Gasteiger partial charge in [0.1, 0.15) is 11.6 Å². The van der Waals surface area contributed by atoms with E-state index in [1.54, 1.807) is 30.3 Å². The predicted octanol–water partition coefficient (Wildman–Crippen LogP) is 3.50. The van der Waals surface area contributed by atoms with Gasteiger partial charge in [0.25, 0.3) is 5.91 Å². The summed E-state index contributed by atoms with van der Waals surface area (Å²) in [7, 11) is 0. The second-order valence-electron chi connectivity index (χ2n) is 4.64. The van der Waals surface area contributed by atoms with Gasteiger partial charge in [-0.2, -0.15) is 5.26 Å². The molecule has 0 fully saturated rings. The van der Waals surface area contributed by atoms with Crippen molar-refractivity contribution in [2.24, 2.45) is 0 Å². The summed E-state index contributed by atoms with van der Waals surface area (Å²) in [5, 5.41) is 32.4. The number of hydrogen-bond donors (Lipinski definition) is 2. The summed E-state index contributed by atoms with van der Waals surface area (Å²) >= 11 is 5.75. The van der Waals surface area contributed by atoms with E-state index in [1.807, 2.05) is 0 Å². The van der Waals surface area contributed by atoms with Crippen LogP contribution in [0.4, 0.5) is 11.4 Å².